The Morgan fingerprint density at radius 2 is 1.92 bits per heavy atom. The average Bonchev–Trinajstić information content (AvgIpc) is 2.88. The van der Waals surface area contributed by atoms with Gasteiger partial charge in [0.1, 0.15) is 5.75 Å². The normalized spacial score (nSPS) is 15.8. The van der Waals surface area contributed by atoms with E-state index >= 15 is 0 Å². The van der Waals surface area contributed by atoms with Gasteiger partial charge in [-0.25, -0.2) is 0 Å². The van der Waals surface area contributed by atoms with Crippen molar-refractivity contribution in [1.29, 1.82) is 0 Å². The molecule has 26 heavy (non-hydrogen) atoms. The Morgan fingerprint density at radius 1 is 1.19 bits per heavy atom. The van der Waals surface area contributed by atoms with Crippen LogP contribution in [0, 0.1) is 0 Å². The summed E-state index contributed by atoms with van der Waals surface area (Å²) in [4.78, 5) is 14.8. The Kier molecular flexibility index (Phi) is 6.24. The lowest BCUT2D eigenvalue weighted by Crippen LogP contribution is -2.27. The molecule has 3 nitrogen and oxygen atoms in total. The van der Waals surface area contributed by atoms with Gasteiger partial charge in [-0.1, -0.05) is 66.2 Å². The highest BCUT2D eigenvalue weighted by atomic mass is 35.5. The van der Waals surface area contributed by atoms with Crippen molar-refractivity contribution >= 4 is 69.2 Å². The lowest BCUT2D eigenvalue weighted by molar-refractivity contribution is -0.113. The predicted octanol–water partition coefficient (Wildman–Crippen LogP) is 6.19. The molecule has 0 unspecified atom stereocenters. The Morgan fingerprint density at radius 3 is 2.58 bits per heavy atom. The highest BCUT2D eigenvalue weighted by Gasteiger charge is 2.34. The first-order valence-electron chi connectivity index (χ1n) is 7.95. The molecule has 134 valence electrons. The van der Waals surface area contributed by atoms with Crippen molar-refractivity contribution in [3.63, 3.8) is 0 Å². The second-order valence-electron chi connectivity index (χ2n) is 5.53. The fraction of sp³-hybridized carbons (Fsp3) is 0.158. The van der Waals surface area contributed by atoms with Crippen molar-refractivity contribution in [3.05, 3.63) is 63.0 Å². The number of ether oxygens (including phenoxy) is 1. The molecule has 1 heterocycles. The molecule has 0 aliphatic carbocycles. The summed E-state index contributed by atoms with van der Waals surface area (Å²) in [5.74, 6) is 0.611. The quantitative estimate of drug-likeness (QED) is 0.423. The van der Waals surface area contributed by atoms with Crippen LogP contribution in [0.3, 0.4) is 0 Å². The van der Waals surface area contributed by atoms with Crippen molar-refractivity contribution in [2.75, 3.05) is 11.5 Å². The van der Waals surface area contributed by atoms with Gasteiger partial charge in [-0.2, -0.15) is 0 Å². The third-order valence-corrected chi connectivity index (χ3v) is 5.44. The topological polar surface area (TPSA) is 29.5 Å². The van der Waals surface area contributed by atoms with Crippen LogP contribution in [0.4, 0.5) is 5.69 Å². The summed E-state index contributed by atoms with van der Waals surface area (Å²) >= 11 is 18.8. The Labute approximate surface area is 171 Å². The van der Waals surface area contributed by atoms with Gasteiger partial charge in [0.25, 0.3) is 5.91 Å². The number of carbonyl (C=O) groups excluding carboxylic acids is 1. The highest BCUT2D eigenvalue weighted by Crippen LogP contribution is 2.39. The smallest absolute Gasteiger partial charge is 0.270 e. The third-order valence-electron chi connectivity index (χ3n) is 3.60. The molecule has 0 atom stereocenters. The summed E-state index contributed by atoms with van der Waals surface area (Å²) in [6.45, 7) is 2.74. The number of hydrogen-bond donors (Lipinski definition) is 0. The van der Waals surface area contributed by atoms with Crippen LogP contribution >= 0.6 is 47.2 Å². The number of thioether (sulfide) groups is 1. The zero-order chi connectivity index (χ0) is 18.7. The molecule has 0 bridgehead atoms. The molecule has 1 aliphatic rings. The van der Waals surface area contributed by atoms with Gasteiger partial charge < -0.3 is 4.74 Å². The van der Waals surface area contributed by atoms with E-state index in [1.54, 1.807) is 18.2 Å². The summed E-state index contributed by atoms with van der Waals surface area (Å²) in [6, 6.07) is 12.6. The van der Waals surface area contributed by atoms with E-state index in [1.807, 2.05) is 30.3 Å². The largest absolute Gasteiger partial charge is 0.494 e. The van der Waals surface area contributed by atoms with Gasteiger partial charge in [0.15, 0.2) is 4.32 Å². The van der Waals surface area contributed by atoms with Gasteiger partial charge in [0, 0.05) is 5.02 Å². The minimum atomic E-state index is -0.199. The van der Waals surface area contributed by atoms with E-state index in [-0.39, 0.29) is 5.91 Å². The zero-order valence-electron chi connectivity index (χ0n) is 13.9. The van der Waals surface area contributed by atoms with Crippen LogP contribution in [-0.4, -0.2) is 16.8 Å². The van der Waals surface area contributed by atoms with Crippen LogP contribution in [0.5, 0.6) is 5.75 Å². The zero-order valence-corrected chi connectivity index (χ0v) is 17.0. The molecule has 2 aromatic carbocycles. The molecule has 0 N–H and O–H groups in total. The lowest BCUT2D eigenvalue weighted by atomic mass is 10.2. The monoisotopic (exact) mass is 423 g/mol. The summed E-state index contributed by atoms with van der Waals surface area (Å²) in [5.41, 5.74) is 1.43. The van der Waals surface area contributed by atoms with Crippen molar-refractivity contribution in [2.45, 2.75) is 13.3 Å². The number of nitrogens with zero attached hydrogens (tertiary/aromatic N) is 1. The van der Waals surface area contributed by atoms with Crippen molar-refractivity contribution < 1.29 is 9.53 Å². The third kappa shape index (κ3) is 4.23. The van der Waals surface area contributed by atoms with Crippen LogP contribution in [0.25, 0.3) is 6.08 Å². The van der Waals surface area contributed by atoms with E-state index in [2.05, 4.69) is 6.92 Å². The number of amides is 1. The van der Waals surface area contributed by atoms with Gasteiger partial charge in [-0.05, 0) is 48.4 Å². The first kappa shape index (κ1) is 19.2. The predicted molar refractivity (Wildman–Crippen MR) is 114 cm³/mol. The van der Waals surface area contributed by atoms with E-state index in [9.17, 15) is 4.79 Å². The maximum absolute atomic E-state index is 12.8. The molecular formula is C19H15Cl2NO2S2. The first-order chi connectivity index (χ1) is 12.5. The number of hydrogen-bond acceptors (Lipinski definition) is 4. The van der Waals surface area contributed by atoms with Gasteiger partial charge in [-0.3, -0.25) is 9.69 Å². The molecule has 7 heteroatoms. The highest BCUT2D eigenvalue weighted by molar-refractivity contribution is 8.27. The van der Waals surface area contributed by atoms with Crippen molar-refractivity contribution in [1.82, 2.24) is 0 Å². The lowest BCUT2D eigenvalue weighted by Gasteiger charge is -2.16. The molecular weight excluding hydrogens is 409 g/mol. The van der Waals surface area contributed by atoms with E-state index in [1.165, 1.54) is 16.7 Å². The second kappa shape index (κ2) is 8.44. The van der Waals surface area contributed by atoms with Crippen LogP contribution in [0.1, 0.15) is 18.9 Å². The number of benzene rings is 2. The summed E-state index contributed by atoms with van der Waals surface area (Å²) < 4.78 is 6.01. The minimum absolute atomic E-state index is 0.199. The second-order valence-corrected chi connectivity index (χ2v) is 8.05. The molecule has 0 aromatic heterocycles. The number of rotatable bonds is 5. The maximum atomic E-state index is 12.8. The van der Waals surface area contributed by atoms with Gasteiger partial charge in [0.05, 0.1) is 22.2 Å². The SMILES string of the molecule is CCCOc1ccc(/C=C2/SC(=S)N(c3ccc(Cl)cc3Cl)C2=O)cc1. The molecule has 0 spiro atoms. The molecule has 3 rings (SSSR count). The van der Waals surface area contributed by atoms with Gasteiger partial charge in [-0.15, -0.1) is 0 Å². The van der Waals surface area contributed by atoms with Crippen LogP contribution in [0.15, 0.2) is 47.4 Å². The molecule has 0 saturated carbocycles. The fourth-order valence-electron chi connectivity index (χ4n) is 2.37. The van der Waals surface area contributed by atoms with Crippen molar-refractivity contribution in [2.24, 2.45) is 0 Å². The number of carbonyl (C=O) groups is 1. The van der Waals surface area contributed by atoms with Crippen LogP contribution in [0.2, 0.25) is 10.0 Å². The molecule has 2 aromatic rings. The summed E-state index contributed by atoms with van der Waals surface area (Å²) in [5, 5.41) is 0.887. The van der Waals surface area contributed by atoms with Gasteiger partial charge in [0.2, 0.25) is 0 Å². The molecule has 1 amide bonds. The number of halogens is 2. The van der Waals surface area contributed by atoms with E-state index < -0.39 is 0 Å². The Bertz CT molecular complexity index is 882. The minimum Gasteiger partial charge on any atom is -0.494 e. The van der Waals surface area contributed by atoms with Crippen LogP contribution in [-0.2, 0) is 4.79 Å². The standard InChI is InChI=1S/C19H15Cl2NO2S2/c1-2-9-24-14-6-3-12(4-7-14)10-17-18(23)22(19(25)26-17)16-8-5-13(20)11-15(16)21/h3-8,10-11H,2,9H2,1H3/b17-10+. The molecule has 1 saturated heterocycles. The summed E-state index contributed by atoms with van der Waals surface area (Å²) in [6.07, 6.45) is 2.77. The van der Waals surface area contributed by atoms with E-state index in [0.717, 1.165) is 17.7 Å². The Hall–Kier alpha value is -1.53. The first-order valence-corrected chi connectivity index (χ1v) is 9.93. The average molecular weight is 424 g/mol. The Balaban J connectivity index is 1.83. The molecule has 0 radical (unpaired) electrons. The van der Waals surface area contributed by atoms with E-state index in [0.29, 0.717) is 31.6 Å². The molecule has 1 fully saturated rings. The number of thiocarbonyl (C=S) groups is 1. The maximum Gasteiger partial charge on any atom is 0.270 e. The van der Waals surface area contributed by atoms with Gasteiger partial charge >= 0.3 is 0 Å². The molecule has 1 aliphatic heterocycles. The van der Waals surface area contributed by atoms with E-state index in [4.69, 9.17) is 40.2 Å². The van der Waals surface area contributed by atoms with Crippen LogP contribution < -0.4 is 9.64 Å². The number of anilines is 1. The fourth-order valence-corrected chi connectivity index (χ4v) is 4.15. The van der Waals surface area contributed by atoms with Crippen molar-refractivity contribution in [3.8, 4) is 5.75 Å². The summed E-state index contributed by atoms with van der Waals surface area (Å²) in [7, 11) is 0.